The van der Waals surface area contributed by atoms with E-state index in [1.54, 1.807) is 39.0 Å². The molecule has 220 valence electrons. The highest BCUT2D eigenvalue weighted by atomic mass is 32.1. The Hall–Kier alpha value is -4.76. The van der Waals surface area contributed by atoms with Gasteiger partial charge in [0.05, 0.1) is 23.9 Å². The fourth-order valence-corrected chi connectivity index (χ4v) is 6.02. The molecule has 0 saturated carbocycles. The SMILES string of the molecule is CCOC(=O)c1sc(N2C(=O)C(=O)/C(=C(/O)c3ccc(OCc4ccccc4)cc3C)[C@H]2c2ccc(CC)cc2)nc1C. The van der Waals surface area contributed by atoms with Gasteiger partial charge < -0.3 is 14.6 Å². The number of benzene rings is 3. The van der Waals surface area contributed by atoms with Gasteiger partial charge in [0.15, 0.2) is 5.13 Å². The van der Waals surface area contributed by atoms with Gasteiger partial charge in [0.25, 0.3) is 5.78 Å². The highest BCUT2D eigenvalue weighted by molar-refractivity contribution is 7.17. The maximum atomic E-state index is 13.6. The van der Waals surface area contributed by atoms with Crippen LogP contribution in [-0.4, -0.2) is 34.4 Å². The van der Waals surface area contributed by atoms with Crippen molar-refractivity contribution in [2.45, 2.75) is 46.8 Å². The average molecular weight is 597 g/mol. The van der Waals surface area contributed by atoms with Crippen molar-refractivity contribution in [1.29, 1.82) is 0 Å². The first-order valence-corrected chi connectivity index (χ1v) is 14.9. The summed E-state index contributed by atoms with van der Waals surface area (Å²) in [6, 6.07) is 21.5. The van der Waals surface area contributed by atoms with Gasteiger partial charge in [-0.1, -0.05) is 72.9 Å². The predicted molar refractivity (Wildman–Crippen MR) is 165 cm³/mol. The van der Waals surface area contributed by atoms with Crippen LogP contribution >= 0.6 is 11.3 Å². The van der Waals surface area contributed by atoms with Crippen molar-refractivity contribution < 1.29 is 29.0 Å². The lowest BCUT2D eigenvalue weighted by Crippen LogP contribution is -2.29. The average Bonchev–Trinajstić information content (AvgIpc) is 3.52. The van der Waals surface area contributed by atoms with Gasteiger partial charge in [-0.05, 0) is 67.6 Å². The van der Waals surface area contributed by atoms with Crippen LogP contribution in [0.4, 0.5) is 5.13 Å². The molecule has 1 amide bonds. The van der Waals surface area contributed by atoms with Crippen LogP contribution in [0.2, 0.25) is 0 Å². The molecule has 5 rings (SSSR count). The quantitative estimate of drug-likeness (QED) is 0.0991. The second-order valence-electron chi connectivity index (χ2n) is 10.1. The van der Waals surface area contributed by atoms with Crippen molar-refractivity contribution in [2.24, 2.45) is 0 Å². The minimum atomic E-state index is -0.958. The van der Waals surface area contributed by atoms with Crippen molar-refractivity contribution in [2.75, 3.05) is 11.5 Å². The molecule has 0 aliphatic carbocycles. The summed E-state index contributed by atoms with van der Waals surface area (Å²) < 4.78 is 11.1. The molecule has 1 aliphatic heterocycles. The van der Waals surface area contributed by atoms with E-state index in [9.17, 15) is 19.5 Å². The molecule has 1 N–H and O–H groups in total. The molecule has 0 spiro atoms. The summed E-state index contributed by atoms with van der Waals surface area (Å²) in [5.41, 5.74) is 4.14. The van der Waals surface area contributed by atoms with E-state index in [1.165, 1.54) is 4.90 Å². The summed E-state index contributed by atoms with van der Waals surface area (Å²) in [5, 5.41) is 11.8. The van der Waals surface area contributed by atoms with E-state index in [0.29, 0.717) is 34.7 Å². The number of aliphatic hydroxyl groups excluding tert-OH is 1. The number of nitrogens with zero attached hydrogens (tertiary/aromatic N) is 2. The van der Waals surface area contributed by atoms with E-state index < -0.39 is 23.7 Å². The highest BCUT2D eigenvalue weighted by Gasteiger charge is 2.48. The van der Waals surface area contributed by atoms with E-state index in [-0.39, 0.29) is 27.9 Å². The molecule has 1 atom stereocenters. The van der Waals surface area contributed by atoms with Crippen molar-refractivity contribution in [3.63, 3.8) is 0 Å². The molecule has 1 aromatic heterocycles. The minimum Gasteiger partial charge on any atom is -0.507 e. The molecule has 0 radical (unpaired) electrons. The smallest absolute Gasteiger partial charge is 0.350 e. The number of amides is 1. The summed E-state index contributed by atoms with van der Waals surface area (Å²) in [5.74, 6) is -1.91. The summed E-state index contributed by atoms with van der Waals surface area (Å²) in [6.07, 6.45) is 0.812. The number of hydrogen-bond acceptors (Lipinski definition) is 8. The lowest BCUT2D eigenvalue weighted by atomic mass is 9.93. The first kappa shape index (κ1) is 29.7. The number of aromatic nitrogens is 1. The Balaban J connectivity index is 1.57. The standard InChI is InChI=1S/C34H32N2O6S/c1-5-22-12-14-24(15-13-22)28-27(30(38)32(39)36(28)34-35-21(4)31(43-34)33(40)41-6-2)29(37)26-17-16-25(18-20(26)3)42-19-23-10-8-7-9-11-23/h7-18,28,37H,5-6,19H2,1-4H3/b29-27+/t28-/m1/s1. The van der Waals surface area contributed by atoms with Crippen molar-refractivity contribution in [3.05, 3.63) is 117 Å². The molecule has 3 aromatic carbocycles. The summed E-state index contributed by atoms with van der Waals surface area (Å²) in [6.45, 7) is 7.77. The third kappa shape index (κ3) is 5.94. The molecule has 1 fully saturated rings. The number of Topliss-reactive ketones (excluding diaryl/α,β-unsaturated/α-hetero) is 1. The van der Waals surface area contributed by atoms with Gasteiger partial charge in [0.2, 0.25) is 0 Å². The van der Waals surface area contributed by atoms with E-state index in [0.717, 1.165) is 28.9 Å². The van der Waals surface area contributed by atoms with E-state index in [2.05, 4.69) is 4.98 Å². The van der Waals surface area contributed by atoms with Gasteiger partial charge >= 0.3 is 11.9 Å². The lowest BCUT2D eigenvalue weighted by Gasteiger charge is -2.23. The zero-order chi connectivity index (χ0) is 30.7. The van der Waals surface area contributed by atoms with Crippen LogP contribution < -0.4 is 9.64 Å². The molecule has 0 bridgehead atoms. The molecule has 0 unspecified atom stereocenters. The maximum absolute atomic E-state index is 13.6. The number of aliphatic hydroxyl groups is 1. The first-order chi connectivity index (χ1) is 20.7. The minimum absolute atomic E-state index is 0.0548. The van der Waals surface area contributed by atoms with Crippen LogP contribution in [0.15, 0.2) is 78.4 Å². The number of ether oxygens (including phenoxy) is 2. The van der Waals surface area contributed by atoms with E-state index >= 15 is 0 Å². The summed E-state index contributed by atoms with van der Waals surface area (Å²) in [4.78, 5) is 45.8. The Labute approximate surface area is 254 Å². The van der Waals surface area contributed by atoms with E-state index in [4.69, 9.17) is 9.47 Å². The Morgan fingerprint density at radius 1 is 0.977 bits per heavy atom. The van der Waals surface area contributed by atoms with Crippen LogP contribution in [-0.2, 0) is 27.4 Å². The highest BCUT2D eigenvalue weighted by Crippen LogP contribution is 2.44. The second kappa shape index (κ2) is 12.6. The third-order valence-corrected chi connectivity index (χ3v) is 8.44. The predicted octanol–water partition coefficient (Wildman–Crippen LogP) is 6.70. The Morgan fingerprint density at radius 2 is 1.70 bits per heavy atom. The number of aryl methyl sites for hydroxylation is 3. The van der Waals surface area contributed by atoms with Crippen LogP contribution in [0.3, 0.4) is 0 Å². The maximum Gasteiger partial charge on any atom is 0.350 e. The molecule has 1 aliphatic rings. The van der Waals surface area contributed by atoms with Gasteiger partial charge in [-0.2, -0.15) is 0 Å². The van der Waals surface area contributed by atoms with E-state index in [1.807, 2.05) is 61.5 Å². The van der Waals surface area contributed by atoms with Crippen LogP contribution in [0.25, 0.3) is 5.76 Å². The molecule has 4 aromatic rings. The molecular weight excluding hydrogens is 564 g/mol. The topological polar surface area (TPSA) is 106 Å². The number of thiazole rings is 1. The molecule has 8 nitrogen and oxygen atoms in total. The van der Waals surface area contributed by atoms with Gasteiger partial charge in [-0.3, -0.25) is 14.5 Å². The second-order valence-corrected chi connectivity index (χ2v) is 11.1. The van der Waals surface area contributed by atoms with Gasteiger partial charge in [0, 0.05) is 5.56 Å². The largest absolute Gasteiger partial charge is 0.507 e. The number of ketones is 1. The summed E-state index contributed by atoms with van der Waals surface area (Å²) >= 11 is 0.981. The lowest BCUT2D eigenvalue weighted by molar-refractivity contribution is -0.132. The van der Waals surface area contributed by atoms with Gasteiger partial charge in [-0.25, -0.2) is 9.78 Å². The van der Waals surface area contributed by atoms with Crippen LogP contribution in [0.5, 0.6) is 5.75 Å². The molecule has 2 heterocycles. The Bertz CT molecular complexity index is 1710. The Kier molecular flexibility index (Phi) is 8.73. The summed E-state index contributed by atoms with van der Waals surface area (Å²) in [7, 11) is 0. The fourth-order valence-electron chi connectivity index (χ4n) is 5.03. The normalized spacial score (nSPS) is 16.0. The molecule has 9 heteroatoms. The van der Waals surface area contributed by atoms with Crippen molar-refractivity contribution >= 4 is 39.9 Å². The number of carbonyl (C=O) groups excluding carboxylic acids is 3. The zero-order valence-corrected chi connectivity index (χ0v) is 25.2. The van der Waals surface area contributed by atoms with Gasteiger partial charge in [-0.15, -0.1) is 0 Å². The monoisotopic (exact) mass is 596 g/mol. The number of esters is 1. The third-order valence-electron chi connectivity index (χ3n) is 7.30. The number of rotatable bonds is 9. The number of hydrogen-bond donors (Lipinski definition) is 1. The number of carbonyl (C=O) groups is 3. The number of anilines is 1. The zero-order valence-electron chi connectivity index (χ0n) is 24.4. The van der Waals surface area contributed by atoms with Crippen LogP contribution in [0.1, 0.15) is 63.1 Å². The van der Waals surface area contributed by atoms with Crippen molar-refractivity contribution in [1.82, 2.24) is 4.98 Å². The first-order valence-electron chi connectivity index (χ1n) is 14.1. The van der Waals surface area contributed by atoms with Crippen LogP contribution in [0, 0.1) is 13.8 Å². The Morgan fingerprint density at radius 3 is 2.35 bits per heavy atom. The molecule has 1 saturated heterocycles. The molecular formula is C34H32N2O6S. The molecule has 43 heavy (non-hydrogen) atoms. The fraction of sp³-hybridized carbons (Fsp3) is 0.235. The van der Waals surface area contributed by atoms with Gasteiger partial charge in [0.1, 0.15) is 23.0 Å². The van der Waals surface area contributed by atoms with Crippen molar-refractivity contribution in [3.8, 4) is 5.75 Å².